The Morgan fingerprint density at radius 3 is 1.77 bits per heavy atom. The Hall–Kier alpha value is -2.76. The van der Waals surface area contributed by atoms with Crippen molar-refractivity contribution in [3.63, 3.8) is 0 Å². The molecular weight excluding hydrogens is 336 g/mol. The predicted octanol–water partition coefficient (Wildman–Crippen LogP) is 3.61. The van der Waals surface area contributed by atoms with Crippen LogP contribution in [0.1, 0.15) is 17.5 Å². The van der Waals surface area contributed by atoms with Gasteiger partial charge in [-0.05, 0) is 48.6 Å². The zero-order valence-corrected chi connectivity index (χ0v) is 15.9. The van der Waals surface area contributed by atoms with E-state index in [0.717, 1.165) is 24.0 Å². The Morgan fingerprint density at radius 1 is 0.692 bits per heavy atom. The van der Waals surface area contributed by atoms with E-state index in [2.05, 4.69) is 0 Å². The van der Waals surface area contributed by atoms with Crippen LogP contribution in [0.25, 0.3) is 0 Å². The lowest BCUT2D eigenvalue weighted by Gasteiger charge is -2.15. The van der Waals surface area contributed by atoms with Gasteiger partial charge in [-0.25, -0.2) is 0 Å². The summed E-state index contributed by atoms with van der Waals surface area (Å²) in [5, 5.41) is 10.4. The summed E-state index contributed by atoms with van der Waals surface area (Å²) in [5.74, 6) is 2.84. The van der Waals surface area contributed by atoms with Gasteiger partial charge in [-0.1, -0.05) is 6.07 Å². The van der Waals surface area contributed by atoms with Gasteiger partial charge < -0.3 is 28.8 Å². The molecule has 0 aliphatic carbocycles. The second kappa shape index (κ2) is 9.08. The molecule has 6 nitrogen and oxygen atoms in total. The summed E-state index contributed by atoms with van der Waals surface area (Å²) in [6.07, 6.45) is 2.33. The molecule has 0 heterocycles. The number of phenols is 1. The molecule has 0 saturated carbocycles. The Kier molecular flexibility index (Phi) is 6.83. The minimum absolute atomic E-state index is 0.122. The minimum atomic E-state index is 0.122. The summed E-state index contributed by atoms with van der Waals surface area (Å²) < 4.78 is 26.5. The van der Waals surface area contributed by atoms with Gasteiger partial charge in [0.05, 0.1) is 35.5 Å². The van der Waals surface area contributed by atoms with E-state index in [1.165, 1.54) is 7.11 Å². The van der Waals surface area contributed by atoms with E-state index in [1.807, 2.05) is 18.2 Å². The fourth-order valence-electron chi connectivity index (χ4n) is 2.92. The largest absolute Gasteiger partial charge is 0.504 e. The average molecular weight is 362 g/mol. The third-order valence-electron chi connectivity index (χ3n) is 4.24. The van der Waals surface area contributed by atoms with Gasteiger partial charge in [-0.3, -0.25) is 0 Å². The van der Waals surface area contributed by atoms with Crippen LogP contribution in [0.15, 0.2) is 24.3 Å². The monoisotopic (exact) mass is 362 g/mol. The normalized spacial score (nSPS) is 10.3. The Labute approximate surface area is 154 Å². The third-order valence-corrected chi connectivity index (χ3v) is 4.24. The first-order chi connectivity index (χ1) is 12.6. The zero-order valence-electron chi connectivity index (χ0n) is 15.9. The summed E-state index contributed by atoms with van der Waals surface area (Å²) in [6, 6.07) is 7.53. The molecule has 2 aromatic rings. The molecule has 1 N–H and O–H groups in total. The highest BCUT2D eigenvalue weighted by Gasteiger charge is 2.15. The van der Waals surface area contributed by atoms with Crippen molar-refractivity contribution in [3.05, 3.63) is 35.4 Å². The van der Waals surface area contributed by atoms with Gasteiger partial charge in [0.25, 0.3) is 0 Å². The van der Waals surface area contributed by atoms with Crippen LogP contribution in [0.4, 0.5) is 0 Å². The first-order valence-corrected chi connectivity index (χ1v) is 8.31. The van der Waals surface area contributed by atoms with Gasteiger partial charge in [-0.2, -0.15) is 0 Å². The summed E-state index contributed by atoms with van der Waals surface area (Å²) in [5.41, 5.74) is 1.88. The maximum Gasteiger partial charge on any atom is 0.203 e. The molecule has 0 aliphatic heterocycles. The van der Waals surface area contributed by atoms with E-state index in [0.29, 0.717) is 35.2 Å². The molecule has 0 bridgehead atoms. The molecule has 0 amide bonds. The van der Waals surface area contributed by atoms with Crippen molar-refractivity contribution in [1.82, 2.24) is 0 Å². The second-order valence-corrected chi connectivity index (χ2v) is 5.70. The lowest BCUT2D eigenvalue weighted by molar-refractivity contribution is 0.323. The van der Waals surface area contributed by atoms with Crippen LogP contribution in [0.5, 0.6) is 34.5 Å². The van der Waals surface area contributed by atoms with E-state index in [9.17, 15) is 5.11 Å². The molecule has 26 heavy (non-hydrogen) atoms. The molecule has 6 heteroatoms. The molecule has 0 fully saturated rings. The fraction of sp³-hybridized carbons (Fsp3) is 0.400. The number of methoxy groups -OCH3 is 5. The molecule has 0 aromatic heterocycles. The van der Waals surface area contributed by atoms with E-state index < -0.39 is 0 Å². The maximum absolute atomic E-state index is 10.4. The van der Waals surface area contributed by atoms with Gasteiger partial charge in [0.1, 0.15) is 0 Å². The van der Waals surface area contributed by atoms with Crippen LogP contribution in [0.3, 0.4) is 0 Å². The van der Waals surface area contributed by atoms with Crippen LogP contribution in [0, 0.1) is 0 Å². The van der Waals surface area contributed by atoms with Crippen LogP contribution >= 0.6 is 0 Å². The van der Waals surface area contributed by atoms with E-state index in [4.69, 9.17) is 23.7 Å². The highest BCUT2D eigenvalue weighted by Crippen LogP contribution is 2.40. The van der Waals surface area contributed by atoms with Gasteiger partial charge in [0.2, 0.25) is 11.5 Å². The minimum Gasteiger partial charge on any atom is -0.504 e. The van der Waals surface area contributed by atoms with Gasteiger partial charge in [0.15, 0.2) is 23.0 Å². The summed E-state index contributed by atoms with van der Waals surface area (Å²) in [6.45, 7) is 0. The Bertz CT molecular complexity index is 716. The number of aromatic hydroxyl groups is 1. The van der Waals surface area contributed by atoms with Crippen LogP contribution in [-0.2, 0) is 12.8 Å². The Morgan fingerprint density at radius 2 is 1.27 bits per heavy atom. The number of phenolic OH excluding ortho intramolecular Hbond substituents is 1. The molecule has 0 radical (unpaired) electrons. The van der Waals surface area contributed by atoms with Crippen molar-refractivity contribution in [1.29, 1.82) is 0 Å². The van der Waals surface area contributed by atoms with E-state index in [-0.39, 0.29) is 5.75 Å². The van der Waals surface area contributed by atoms with Crippen molar-refractivity contribution >= 4 is 0 Å². The first-order valence-electron chi connectivity index (χ1n) is 8.31. The number of aryl methyl sites for hydroxylation is 2. The predicted molar refractivity (Wildman–Crippen MR) is 99.3 cm³/mol. The number of ether oxygens (including phenoxy) is 5. The van der Waals surface area contributed by atoms with Crippen LogP contribution in [-0.4, -0.2) is 40.7 Å². The maximum atomic E-state index is 10.4. The van der Waals surface area contributed by atoms with Crippen molar-refractivity contribution in [3.8, 4) is 34.5 Å². The zero-order chi connectivity index (χ0) is 19.1. The summed E-state index contributed by atoms with van der Waals surface area (Å²) >= 11 is 0. The van der Waals surface area contributed by atoms with E-state index in [1.54, 1.807) is 34.5 Å². The number of benzene rings is 2. The van der Waals surface area contributed by atoms with Crippen molar-refractivity contribution in [2.75, 3.05) is 35.5 Å². The molecular formula is C20H26O6. The van der Waals surface area contributed by atoms with Crippen LogP contribution in [0.2, 0.25) is 0 Å². The molecule has 2 aromatic carbocycles. The SMILES string of the molecule is COc1cc(CCCc2ccc(OC)c(OC)c2O)cc(OC)c1OC. The standard InChI is InChI=1S/C20H26O6/c1-22-15-10-9-14(18(21)20(15)26-5)8-6-7-13-11-16(23-2)19(25-4)17(12-13)24-3/h9-12,21H,6-8H2,1-5H3. The molecule has 0 spiro atoms. The molecule has 142 valence electrons. The summed E-state index contributed by atoms with van der Waals surface area (Å²) in [4.78, 5) is 0. The molecule has 0 atom stereocenters. The number of hydrogen-bond acceptors (Lipinski definition) is 6. The van der Waals surface area contributed by atoms with Crippen molar-refractivity contribution in [2.24, 2.45) is 0 Å². The first kappa shape index (κ1) is 19.6. The average Bonchev–Trinajstić information content (AvgIpc) is 2.67. The van der Waals surface area contributed by atoms with E-state index >= 15 is 0 Å². The highest BCUT2D eigenvalue weighted by molar-refractivity contribution is 5.55. The number of rotatable bonds is 9. The smallest absolute Gasteiger partial charge is 0.203 e. The third kappa shape index (κ3) is 4.07. The second-order valence-electron chi connectivity index (χ2n) is 5.70. The molecule has 0 saturated heterocycles. The van der Waals surface area contributed by atoms with Gasteiger partial charge in [0, 0.05) is 0 Å². The van der Waals surface area contributed by atoms with Gasteiger partial charge in [-0.15, -0.1) is 0 Å². The quantitative estimate of drug-likeness (QED) is 0.735. The molecule has 2 rings (SSSR count). The van der Waals surface area contributed by atoms with Gasteiger partial charge >= 0.3 is 0 Å². The summed E-state index contributed by atoms with van der Waals surface area (Å²) in [7, 11) is 7.84. The van der Waals surface area contributed by atoms with Crippen LogP contribution < -0.4 is 23.7 Å². The highest BCUT2D eigenvalue weighted by atomic mass is 16.5. The lowest BCUT2D eigenvalue weighted by Crippen LogP contribution is -1.98. The fourth-order valence-corrected chi connectivity index (χ4v) is 2.92. The Balaban J connectivity index is 2.13. The topological polar surface area (TPSA) is 66.4 Å². The molecule has 0 unspecified atom stereocenters. The van der Waals surface area contributed by atoms with Crippen molar-refractivity contribution in [2.45, 2.75) is 19.3 Å². The van der Waals surface area contributed by atoms with Crippen molar-refractivity contribution < 1.29 is 28.8 Å². The molecule has 0 aliphatic rings. The lowest BCUT2D eigenvalue weighted by atomic mass is 10.0. The number of hydrogen-bond donors (Lipinski definition) is 1.